The van der Waals surface area contributed by atoms with E-state index in [2.05, 4.69) is 20.8 Å². The van der Waals surface area contributed by atoms with Gasteiger partial charge in [0.15, 0.2) is 0 Å². The lowest BCUT2D eigenvalue weighted by Crippen LogP contribution is -2.06. The lowest BCUT2D eigenvalue weighted by Gasteiger charge is -2.09. The van der Waals surface area contributed by atoms with Gasteiger partial charge >= 0.3 is 5.97 Å². The minimum atomic E-state index is -0.214. The van der Waals surface area contributed by atoms with Gasteiger partial charge < -0.3 is 4.74 Å². The van der Waals surface area contributed by atoms with E-state index in [9.17, 15) is 4.79 Å². The van der Waals surface area contributed by atoms with Crippen molar-refractivity contribution in [2.75, 3.05) is 6.61 Å². The van der Waals surface area contributed by atoms with Crippen LogP contribution in [-0.4, -0.2) is 12.6 Å². The fraction of sp³-hybridized carbons (Fsp3) is 0.533. The van der Waals surface area contributed by atoms with Crippen molar-refractivity contribution in [2.45, 2.75) is 46.0 Å². The second kappa shape index (κ2) is 7.10. The zero-order valence-electron chi connectivity index (χ0n) is 11.0. The van der Waals surface area contributed by atoms with E-state index in [-0.39, 0.29) is 5.97 Å². The molecule has 17 heavy (non-hydrogen) atoms. The van der Waals surface area contributed by atoms with E-state index in [1.54, 1.807) is 0 Å². The SMILES string of the molecule is CCCCOC(=O)c1ccc(C(C)CC)cc1. The lowest BCUT2D eigenvalue weighted by atomic mass is 9.98. The summed E-state index contributed by atoms with van der Waals surface area (Å²) in [6, 6.07) is 7.75. The predicted octanol–water partition coefficient (Wildman–Crippen LogP) is 4.16. The van der Waals surface area contributed by atoms with Gasteiger partial charge in [0, 0.05) is 0 Å². The van der Waals surface area contributed by atoms with E-state index in [1.807, 2.05) is 24.3 Å². The van der Waals surface area contributed by atoms with Crippen molar-refractivity contribution in [1.29, 1.82) is 0 Å². The molecule has 0 spiro atoms. The summed E-state index contributed by atoms with van der Waals surface area (Å²) in [6.45, 7) is 6.95. The Morgan fingerprint density at radius 3 is 2.41 bits per heavy atom. The molecule has 0 aliphatic heterocycles. The van der Waals surface area contributed by atoms with Crippen LogP contribution in [0, 0.1) is 0 Å². The molecule has 94 valence electrons. The summed E-state index contributed by atoms with van der Waals surface area (Å²) in [5.41, 5.74) is 1.92. The first-order valence-corrected chi connectivity index (χ1v) is 6.46. The van der Waals surface area contributed by atoms with E-state index < -0.39 is 0 Å². The van der Waals surface area contributed by atoms with E-state index in [0.29, 0.717) is 18.1 Å². The van der Waals surface area contributed by atoms with Crippen LogP contribution in [0.1, 0.15) is 61.9 Å². The molecule has 0 N–H and O–H groups in total. The molecular formula is C15H22O2. The molecule has 1 aromatic carbocycles. The molecule has 0 saturated carbocycles. The van der Waals surface area contributed by atoms with Crippen LogP contribution in [0.15, 0.2) is 24.3 Å². The third-order valence-electron chi connectivity index (χ3n) is 3.06. The average Bonchev–Trinajstić information content (AvgIpc) is 2.38. The van der Waals surface area contributed by atoms with Crippen LogP contribution in [-0.2, 0) is 4.74 Å². The number of esters is 1. The van der Waals surface area contributed by atoms with Crippen LogP contribution in [0.2, 0.25) is 0 Å². The van der Waals surface area contributed by atoms with Crippen molar-refractivity contribution < 1.29 is 9.53 Å². The fourth-order valence-electron chi connectivity index (χ4n) is 1.58. The zero-order chi connectivity index (χ0) is 12.7. The number of ether oxygens (including phenoxy) is 1. The average molecular weight is 234 g/mol. The van der Waals surface area contributed by atoms with Crippen molar-refractivity contribution in [1.82, 2.24) is 0 Å². The minimum absolute atomic E-state index is 0.214. The molecule has 0 saturated heterocycles. The largest absolute Gasteiger partial charge is 0.462 e. The number of hydrogen-bond acceptors (Lipinski definition) is 2. The van der Waals surface area contributed by atoms with Crippen molar-refractivity contribution in [3.05, 3.63) is 35.4 Å². The van der Waals surface area contributed by atoms with Gasteiger partial charge in [0.25, 0.3) is 0 Å². The Bertz CT molecular complexity index is 340. The molecule has 0 bridgehead atoms. The van der Waals surface area contributed by atoms with Gasteiger partial charge in [0.2, 0.25) is 0 Å². The normalized spacial score (nSPS) is 12.2. The van der Waals surface area contributed by atoms with Gasteiger partial charge in [-0.1, -0.05) is 39.3 Å². The highest BCUT2D eigenvalue weighted by atomic mass is 16.5. The second-order valence-electron chi connectivity index (χ2n) is 4.42. The standard InChI is InChI=1S/C15H22O2/c1-4-6-11-17-15(16)14-9-7-13(8-10-14)12(3)5-2/h7-10,12H,4-6,11H2,1-3H3. The maximum Gasteiger partial charge on any atom is 0.338 e. The first-order chi connectivity index (χ1) is 8.19. The van der Waals surface area contributed by atoms with Crippen molar-refractivity contribution >= 4 is 5.97 Å². The summed E-state index contributed by atoms with van der Waals surface area (Å²) in [5, 5.41) is 0. The highest BCUT2D eigenvalue weighted by Gasteiger charge is 2.08. The van der Waals surface area contributed by atoms with Crippen LogP contribution < -0.4 is 0 Å². The highest BCUT2D eigenvalue weighted by molar-refractivity contribution is 5.89. The van der Waals surface area contributed by atoms with E-state index in [0.717, 1.165) is 19.3 Å². The van der Waals surface area contributed by atoms with Gasteiger partial charge in [0.05, 0.1) is 12.2 Å². The van der Waals surface area contributed by atoms with Crippen molar-refractivity contribution in [3.8, 4) is 0 Å². The lowest BCUT2D eigenvalue weighted by molar-refractivity contribution is 0.0499. The van der Waals surface area contributed by atoms with Crippen molar-refractivity contribution in [2.24, 2.45) is 0 Å². The summed E-state index contributed by atoms with van der Waals surface area (Å²) in [5.74, 6) is 0.328. The van der Waals surface area contributed by atoms with Gasteiger partial charge in [-0.15, -0.1) is 0 Å². The number of unbranched alkanes of at least 4 members (excludes halogenated alkanes) is 1. The minimum Gasteiger partial charge on any atom is -0.462 e. The monoisotopic (exact) mass is 234 g/mol. The Kier molecular flexibility index (Phi) is 5.75. The van der Waals surface area contributed by atoms with Gasteiger partial charge in [0.1, 0.15) is 0 Å². The summed E-state index contributed by atoms with van der Waals surface area (Å²) < 4.78 is 5.16. The Morgan fingerprint density at radius 1 is 1.24 bits per heavy atom. The molecule has 2 heteroatoms. The Morgan fingerprint density at radius 2 is 1.88 bits per heavy atom. The van der Waals surface area contributed by atoms with Crippen molar-refractivity contribution in [3.63, 3.8) is 0 Å². The van der Waals surface area contributed by atoms with E-state index in [1.165, 1.54) is 5.56 Å². The molecular weight excluding hydrogens is 212 g/mol. The fourth-order valence-corrected chi connectivity index (χ4v) is 1.58. The smallest absolute Gasteiger partial charge is 0.338 e. The number of benzene rings is 1. The van der Waals surface area contributed by atoms with Gasteiger partial charge in [-0.2, -0.15) is 0 Å². The topological polar surface area (TPSA) is 26.3 Å². The summed E-state index contributed by atoms with van der Waals surface area (Å²) in [4.78, 5) is 11.6. The molecule has 0 radical (unpaired) electrons. The van der Waals surface area contributed by atoms with Gasteiger partial charge in [-0.05, 0) is 36.5 Å². The number of carbonyl (C=O) groups excluding carboxylic acids is 1. The number of hydrogen-bond donors (Lipinski definition) is 0. The molecule has 0 aliphatic rings. The van der Waals surface area contributed by atoms with Crippen LogP contribution in [0.5, 0.6) is 0 Å². The molecule has 0 amide bonds. The summed E-state index contributed by atoms with van der Waals surface area (Å²) in [6.07, 6.45) is 3.08. The molecule has 0 heterocycles. The molecule has 0 aromatic heterocycles. The third kappa shape index (κ3) is 4.22. The number of rotatable bonds is 6. The Balaban J connectivity index is 2.58. The van der Waals surface area contributed by atoms with Crippen LogP contribution in [0.3, 0.4) is 0 Å². The highest BCUT2D eigenvalue weighted by Crippen LogP contribution is 2.19. The Labute approximate surface area is 104 Å². The first-order valence-electron chi connectivity index (χ1n) is 6.46. The maximum absolute atomic E-state index is 11.6. The number of carbonyl (C=O) groups is 1. The quantitative estimate of drug-likeness (QED) is 0.546. The van der Waals surface area contributed by atoms with Crippen LogP contribution >= 0.6 is 0 Å². The van der Waals surface area contributed by atoms with E-state index >= 15 is 0 Å². The van der Waals surface area contributed by atoms with Gasteiger partial charge in [-0.25, -0.2) is 4.79 Å². The Hall–Kier alpha value is -1.31. The maximum atomic E-state index is 11.6. The molecule has 0 aliphatic carbocycles. The first kappa shape index (κ1) is 13.8. The molecule has 1 aromatic rings. The third-order valence-corrected chi connectivity index (χ3v) is 3.06. The predicted molar refractivity (Wildman–Crippen MR) is 70.3 cm³/mol. The summed E-state index contributed by atoms with van der Waals surface area (Å²) >= 11 is 0. The second-order valence-corrected chi connectivity index (χ2v) is 4.42. The van der Waals surface area contributed by atoms with Crippen LogP contribution in [0.25, 0.3) is 0 Å². The zero-order valence-corrected chi connectivity index (χ0v) is 11.0. The molecule has 1 atom stereocenters. The van der Waals surface area contributed by atoms with E-state index in [4.69, 9.17) is 4.74 Å². The molecule has 1 rings (SSSR count). The molecule has 0 fully saturated rings. The molecule has 2 nitrogen and oxygen atoms in total. The summed E-state index contributed by atoms with van der Waals surface area (Å²) in [7, 11) is 0. The van der Waals surface area contributed by atoms with Crippen LogP contribution in [0.4, 0.5) is 0 Å². The molecule has 1 unspecified atom stereocenters. The van der Waals surface area contributed by atoms with Gasteiger partial charge in [-0.3, -0.25) is 0 Å².